The molecule has 1 heterocycles. The number of aryl methyl sites for hydroxylation is 1. The molecule has 1 aromatic carbocycles. The minimum Gasteiger partial charge on any atom is -0.478 e. The summed E-state index contributed by atoms with van der Waals surface area (Å²) < 4.78 is 30.6. The highest BCUT2D eigenvalue weighted by Gasteiger charge is 2.25. The number of amides is 1. The molecule has 0 radical (unpaired) electrons. The first kappa shape index (κ1) is 19.7. The van der Waals surface area contributed by atoms with Crippen LogP contribution < -0.4 is 5.32 Å². The number of benzene rings is 1. The molecule has 2 aromatic rings. The molecule has 140 valence electrons. The van der Waals surface area contributed by atoms with Gasteiger partial charge in [-0.3, -0.25) is 4.79 Å². The van der Waals surface area contributed by atoms with Crippen molar-refractivity contribution in [3.05, 3.63) is 53.0 Å². The van der Waals surface area contributed by atoms with Crippen LogP contribution in [0.5, 0.6) is 0 Å². The number of aromatic carboxylic acids is 1. The first-order valence-electron chi connectivity index (χ1n) is 7.76. The van der Waals surface area contributed by atoms with E-state index in [1.165, 1.54) is 39.2 Å². The summed E-state index contributed by atoms with van der Waals surface area (Å²) in [6, 6.07) is 7.55. The van der Waals surface area contributed by atoms with Gasteiger partial charge in [0.15, 0.2) is 5.76 Å². The van der Waals surface area contributed by atoms with Crippen molar-refractivity contribution in [2.75, 3.05) is 20.6 Å². The van der Waals surface area contributed by atoms with Crippen molar-refractivity contribution in [3.8, 4) is 0 Å². The molecule has 2 N–H and O–H groups in total. The maximum absolute atomic E-state index is 12.2. The van der Waals surface area contributed by atoms with Crippen LogP contribution in [0.25, 0.3) is 0 Å². The van der Waals surface area contributed by atoms with E-state index in [2.05, 4.69) is 5.32 Å². The molecule has 2 rings (SSSR count). The Morgan fingerprint density at radius 2 is 1.81 bits per heavy atom. The molecule has 0 fully saturated rings. The second-order valence-corrected chi connectivity index (χ2v) is 7.95. The van der Waals surface area contributed by atoms with E-state index in [9.17, 15) is 18.0 Å². The molecule has 0 spiro atoms. The number of carboxylic acids is 1. The fraction of sp³-hybridized carbons (Fsp3) is 0.294. The van der Waals surface area contributed by atoms with Crippen LogP contribution in [0.15, 0.2) is 39.6 Å². The fourth-order valence-corrected chi connectivity index (χ4v) is 3.31. The number of hydrogen-bond acceptors (Lipinski definition) is 5. The van der Waals surface area contributed by atoms with Crippen LogP contribution in [-0.4, -0.2) is 50.3 Å². The van der Waals surface area contributed by atoms with Crippen LogP contribution in [0.2, 0.25) is 0 Å². The molecular weight excluding hydrogens is 360 g/mol. The molecule has 0 saturated carbocycles. The zero-order valence-electron chi connectivity index (χ0n) is 14.6. The Hall–Kier alpha value is -2.65. The maximum Gasteiger partial charge on any atom is 0.335 e. The summed E-state index contributed by atoms with van der Waals surface area (Å²) in [4.78, 5) is 22.9. The van der Waals surface area contributed by atoms with Gasteiger partial charge in [0.25, 0.3) is 5.91 Å². The van der Waals surface area contributed by atoms with Crippen molar-refractivity contribution in [1.29, 1.82) is 0 Å². The van der Waals surface area contributed by atoms with Crippen LogP contribution in [0, 0.1) is 6.92 Å². The van der Waals surface area contributed by atoms with E-state index in [-0.39, 0.29) is 22.0 Å². The van der Waals surface area contributed by atoms with Gasteiger partial charge < -0.3 is 14.8 Å². The zero-order chi connectivity index (χ0) is 19.5. The molecule has 0 bridgehead atoms. The van der Waals surface area contributed by atoms with Crippen molar-refractivity contribution in [3.63, 3.8) is 0 Å². The summed E-state index contributed by atoms with van der Waals surface area (Å²) in [7, 11) is -0.883. The van der Waals surface area contributed by atoms with Crippen LogP contribution in [-0.2, 0) is 16.4 Å². The summed E-state index contributed by atoms with van der Waals surface area (Å²) in [5.41, 5.74) is 1.06. The topological polar surface area (TPSA) is 117 Å². The third-order valence-electron chi connectivity index (χ3n) is 3.75. The van der Waals surface area contributed by atoms with E-state index in [1.807, 2.05) is 0 Å². The highest BCUT2D eigenvalue weighted by Crippen LogP contribution is 2.22. The molecule has 0 aliphatic carbocycles. The van der Waals surface area contributed by atoms with Crippen LogP contribution >= 0.6 is 0 Å². The SMILES string of the molecule is Cc1oc(C(=O)NCCc2ccc(C(=O)O)cc2)cc1S(=O)(=O)N(C)C. The standard InChI is InChI=1S/C17H20N2O6S/c1-11-15(26(23,24)19(2)3)10-14(25-11)16(20)18-9-8-12-4-6-13(7-5-12)17(21)22/h4-7,10H,8-9H2,1-3H3,(H,18,20)(H,21,22). The van der Waals surface area contributed by atoms with Crippen molar-refractivity contribution in [2.45, 2.75) is 18.2 Å². The smallest absolute Gasteiger partial charge is 0.335 e. The highest BCUT2D eigenvalue weighted by molar-refractivity contribution is 7.89. The van der Waals surface area contributed by atoms with E-state index in [4.69, 9.17) is 9.52 Å². The van der Waals surface area contributed by atoms with Gasteiger partial charge in [-0.15, -0.1) is 0 Å². The molecule has 0 atom stereocenters. The molecule has 1 amide bonds. The highest BCUT2D eigenvalue weighted by atomic mass is 32.2. The van der Waals surface area contributed by atoms with Crippen molar-refractivity contribution >= 4 is 21.9 Å². The van der Waals surface area contributed by atoms with E-state index in [0.717, 1.165) is 9.87 Å². The number of sulfonamides is 1. The Labute approximate surface area is 151 Å². The van der Waals surface area contributed by atoms with Gasteiger partial charge in [-0.2, -0.15) is 0 Å². The summed E-state index contributed by atoms with van der Waals surface area (Å²) in [6.45, 7) is 1.78. The van der Waals surface area contributed by atoms with Gasteiger partial charge in [-0.05, 0) is 31.0 Å². The minimum atomic E-state index is -3.68. The van der Waals surface area contributed by atoms with Crippen molar-refractivity contribution in [2.24, 2.45) is 0 Å². The number of carboxylic acid groups (broad SMARTS) is 1. The predicted molar refractivity (Wildman–Crippen MR) is 93.8 cm³/mol. The van der Waals surface area contributed by atoms with Gasteiger partial charge >= 0.3 is 5.97 Å². The molecule has 9 heteroatoms. The van der Waals surface area contributed by atoms with Gasteiger partial charge in [-0.25, -0.2) is 17.5 Å². The number of furan rings is 1. The van der Waals surface area contributed by atoms with Crippen LogP contribution in [0.1, 0.15) is 32.2 Å². The maximum atomic E-state index is 12.2. The second kappa shape index (κ2) is 7.71. The Morgan fingerprint density at radius 1 is 1.19 bits per heavy atom. The van der Waals surface area contributed by atoms with E-state index in [1.54, 1.807) is 12.1 Å². The Bertz CT molecular complexity index is 913. The van der Waals surface area contributed by atoms with Crippen LogP contribution in [0.4, 0.5) is 0 Å². The molecular formula is C17H20N2O6S. The molecule has 0 aliphatic rings. The molecule has 0 unspecified atom stereocenters. The van der Waals surface area contributed by atoms with Crippen molar-refractivity contribution < 1.29 is 27.5 Å². The fourth-order valence-electron chi connectivity index (χ4n) is 2.25. The van der Waals surface area contributed by atoms with Crippen LogP contribution in [0.3, 0.4) is 0 Å². The number of rotatable bonds is 7. The first-order valence-corrected chi connectivity index (χ1v) is 9.20. The molecule has 1 aromatic heterocycles. The van der Waals surface area contributed by atoms with Gasteiger partial charge in [0.2, 0.25) is 10.0 Å². The lowest BCUT2D eigenvalue weighted by atomic mass is 10.1. The van der Waals surface area contributed by atoms with Gasteiger partial charge in [0, 0.05) is 26.7 Å². The van der Waals surface area contributed by atoms with Gasteiger partial charge in [0.1, 0.15) is 10.7 Å². The second-order valence-electron chi connectivity index (χ2n) is 5.83. The number of nitrogens with one attached hydrogen (secondary N) is 1. The first-order chi connectivity index (χ1) is 12.1. The quantitative estimate of drug-likeness (QED) is 0.752. The Balaban J connectivity index is 1.99. The predicted octanol–water partition coefficient (Wildman–Crippen LogP) is 1.51. The molecule has 8 nitrogen and oxygen atoms in total. The summed E-state index contributed by atoms with van der Waals surface area (Å²) in [6.07, 6.45) is 0.494. The number of carbonyl (C=O) groups excluding carboxylic acids is 1. The number of hydrogen-bond donors (Lipinski definition) is 2. The van der Waals surface area contributed by atoms with E-state index < -0.39 is 21.9 Å². The van der Waals surface area contributed by atoms with E-state index >= 15 is 0 Å². The normalized spacial score (nSPS) is 11.5. The third kappa shape index (κ3) is 4.30. The Kier molecular flexibility index (Phi) is 5.83. The van der Waals surface area contributed by atoms with E-state index in [0.29, 0.717) is 13.0 Å². The van der Waals surface area contributed by atoms with Gasteiger partial charge in [0.05, 0.1) is 5.56 Å². The third-order valence-corrected chi connectivity index (χ3v) is 5.68. The average molecular weight is 380 g/mol. The Morgan fingerprint density at radius 3 is 2.35 bits per heavy atom. The lowest BCUT2D eigenvalue weighted by Gasteiger charge is -2.09. The molecule has 0 saturated heterocycles. The number of nitrogens with zero attached hydrogens (tertiary/aromatic N) is 1. The summed E-state index contributed by atoms with van der Waals surface area (Å²) in [5.74, 6) is -1.45. The lowest BCUT2D eigenvalue weighted by molar-refractivity contribution is 0.0696. The van der Waals surface area contributed by atoms with Gasteiger partial charge in [-0.1, -0.05) is 12.1 Å². The lowest BCUT2D eigenvalue weighted by Crippen LogP contribution is -2.25. The minimum absolute atomic E-state index is 0.0445. The zero-order valence-corrected chi connectivity index (χ0v) is 15.5. The largest absolute Gasteiger partial charge is 0.478 e. The summed E-state index contributed by atoms with van der Waals surface area (Å²) >= 11 is 0. The molecule has 26 heavy (non-hydrogen) atoms. The molecule has 0 aliphatic heterocycles. The average Bonchev–Trinajstić information content (AvgIpc) is 2.97. The number of carbonyl (C=O) groups is 2. The summed E-state index contributed by atoms with van der Waals surface area (Å²) in [5, 5.41) is 11.5. The van der Waals surface area contributed by atoms with Crippen molar-refractivity contribution in [1.82, 2.24) is 9.62 Å². The monoisotopic (exact) mass is 380 g/mol.